The lowest BCUT2D eigenvalue weighted by molar-refractivity contribution is 0.400. The third kappa shape index (κ3) is 3.52. The van der Waals surface area contributed by atoms with Crippen LogP contribution in [0.5, 0.6) is 0 Å². The summed E-state index contributed by atoms with van der Waals surface area (Å²) < 4.78 is 31.8. The summed E-state index contributed by atoms with van der Waals surface area (Å²) >= 11 is 0. The Hall–Kier alpha value is -1.44. The largest absolute Gasteiger partial charge is 0.443 e. The average molecular weight is 283 g/mol. The number of fused-ring (bicyclic) bond motifs is 1. The second-order valence-corrected chi connectivity index (χ2v) is 6.30. The molecule has 0 saturated heterocycles. The Morgan fingerprint density at radius 1 is 1.37 bits per heavy atom. The molecule has 0 aliphatic heterocycles. The van der Waals surface area contributed by atoms with Gasteiger partial charge in [0.05, 0.1) is 4.90 Å². The van der Waals surface area contributed by atoms with Crippen molar-refractivity contribution in [2.75, 3.05) is 27.2 Å². The maximum atomic E-state index is 12.1. The van der Waals surface area contributed by atoms with Gasteiger partial charge in [0.1, 0.15) is 5.52 Å². The Morgan fingerprint density at radius 3 is 2.89 bits per heavy atom. The molecule has 0 amide bonds. The fraction of sp³-hybridized carbons (Fsp3) is 0.417. The maximum absolute atomic E-state index is 12.1. The van der Waals surface area contributed by atoms with E-state index in [-0.39, 0.29) is 4.90 Å². The molecule has 1 aromatic carbocycles. The molecule has 2 aromatic rings. The summed E-state index contributed by atoms with van der Waals surface area (Å²) in [6.45, 7) is 1.25. The van der Waals surface area contributed by atoms with Gasteiger partial charge in [0, 0.05) is 12.6 Å². The monoisotopic (exact) mass is 283 g/mol. The number of nitrogens with zero attached hydrogens (tertiary/aromatic N) is 2. The molecule has 0 fully saturated rings. The molecule has 0 aliphatic rings. The van der Waals surface area contributed by atoms with Crippen LogP contribution in [-0.2, 0) is 10.0 Å². The zero-order valence-corrected chi connectivity index (χ0v) is 11.8. The van der Waals surface area contributed by atoms with E-state index in [1.54, 1.807) is 6.07 Å². The van der Waals surface area contributed by atoms with Crippen molar-refractivity contribution in [3.63, 3.8) is 0 Å². The highest BCUT2D eigenvalue weighted by molar-refractivity contribution is 7.89. The van der Waals surface area contributed by atoms with E-state index in [1.165, 1.54) is 18.5 Å². The summed E-state index contributed by atoms with van der Waals surface area (Å²) in [5, 5.41) is 0. The van der Waals surface area contributed by atoms with Crippen LogP contribution in [0.4, 0.5) is 0 Å². The first kappa shape index (κ1) is 14.0. The zero-order valence-electron chi connectivity index (χ0n) is 11.0. The number of oxazole rings is 1. The van der Waals surface area contributed by atoms with Crippen LogP contribution in [0.25, 0.3) is 11.1 Å². The van der Waals surface area contributed by atoms with Crippen LogP contribution in [0, 0.1) is 0 Å². The van der Waals surface area contributed by atoms with Crippen LogP contribution in [0.15, 0.2) is 33.9 Å². The Kier molecular flexibility index (Phi) is 4.18. The van der Waals surface area contributed by atoms with E-state index in [0.717, 1.165) is 13.0 Å². The molecule has 0 atom stereocenters. The van der Waals surface area contributed by atoms with E-state index in [2.05, 4.69) is 9.71 Å². The maximum Gasteiger partial charge on any atom is 0.240 e. The third-order valence-electron chi connectivity index (χ3n) is 2.69. The molecular weight excluding hydrogens is 266 g/mol. The van der Waals surface area contributed by atoms with Gasteiger partial charge in [0.15, 0.2) is 12.0 Å². The summed E-state index contributed by atoms with van der Waals surface area (Å²) in [6.07, 6.45) is 2.06. The minimum atomic E-state index is -3.48. The second kappa shape index (κ2) is 5.68. The van der Waals surface area contributed by atoms with Crippen molar-refractivity contribution >= 4 is 21.1 Å². The fourth-order valence-electron chi connectivity index (χ4n) is 1.69. The Bertz CT molecular complexity index is 649. The highest BCUT2D eigenvalue weighted by atomic mass is 32.2. The second-order valence-electron chi connectivity index (χ2n) is 4.54. The number of benzene rings is 1. The van der Waals surface area contributed by atoms with Gasteiger partial charge in [0.25, 0.3) is 0 Å². The van der Waals surface area contributed by atoms with Crippen LogP contribution < -0.4 is 4.72 Å². The van der Waals surface area contributed by atoms with Crippen molar-refractivity contribution in [3.8, 4) is 0 Å². The summed E-state index contributed by atoms with van der Waals surface area (Å²) in [4.78, 5) is 6.15. The number of hydrogen-bond donors (Lipinski definition) is 1. The van der Waals surface area contributed by atoms with Crippen LogP contribution >= 0.6 is 0 Å². The van der Waals surface area contributed by atoms with Gasteiger partial charge in [-0.05, 0) is 39.2 Å². The first-order valence-electron chi connectivity index (χ1n) is 5.97. The standard InChI is InChI=1S/C12H17N3O3S/c1-15(2)7-3-6-14-19(16,17)10-4-5-11-12(8-10)18-9-13-11/h4-5,8-9,14H,3,6-7H2,1-2H3. The molecule has 0 spiro atoms. The molecular formula is C12H17N3O3S. The number of nitrogens with one attached hydrogen (secondary N) is 1. The molecule has 19 heavy (non-hydrogen) atoms. The van der Waals surface area contributed by atoms with Gasteiger partial charge in [0.2, 0.25) is 10.0 Å². The molecule has 6 nitrogen and oxygen atoms in total. The number of rotatable bonds is 6. The number of sulfonamides is 1. The summed E-state index contributed by atoms with van der Waals surface area (Å²) in [6, 6.07) is 4.64. The zero-order chi connectivity index (χ0) is 13.9. The van der Waals surface area contributed by atoms with E-state index in [0.29, 0.717) is 17.6 Å². The van der Waals surface area contributed by atoms with Crippen molar-refractivity contribution in [1.29, 1.82) is 0 Å². The summed E-state index contributed by atoms with van der Waals surface area (Å²) in [7, 11) is 0.418. The lowest BCUT2D eigenvalue weighted by Crippen LogP contribution is -2.27. The minimum absolute atomic E-state index is 0.196. The quantitative estimate of drug-likeness (QED) is 0.802. The first-order valence-corrected chi connectivity index (χ1v) is 7.45. The highest BCUT2D eigenvalue weighted by Crippen LogP contribution is 2.17. The van der Waals surface area contributed by atoms with E-state index < -0.39 is 10.0 Å². The van der Waals surface area contributed by atoms with Crippen molar-refractivity contribution in [2.24, 2.45) is 0 Å². The van der Waals surface area contributed by atoms with Gasteiger partial charge < -0.3 is 9.32 Å². The van der Waals surface area contributed by atoms with Crippen molar-refractivity contribution in [1.82, 2.24) is 14.6 Å². The molecule has 1 heterocycles. The lowest BCUT2D eigenvalue weighted by Gasteiger charge is -2.10. The fourth-order valence-corrected chi connectivity index (χ4v) is 2.78. The Balaban J connectivity index is 2.06. The average Bonchev–Trinajstić information content (AvgIpc) is 2.81. The van der Waals surface area contributed by atoms with E-state index in [9.17, 15) is 8.42 Å². The molecule has 1 N–H and O–H groups in total. The van der Waals surface area contributed by atoms with Crippen molar-refractivity contribution in [3.05, 3.63) is 24.6 Å². The van der Waals surface area contributed by atoms with Crippen LogP contribution in [0.3, 0.4) is 0 Å². The summed E-state index contributed by atoms with van der Waals surface area (Å²) in [5.74, 6) is 0. The normalized spacial score (nSPS) is 12.4. The molecule has 0 unspecified atom stereocenters. The van der Waals surface area contributed by atoms with E-state index in [1.807, 2.05) is 19.0 Å². The van der Waals surface area contributed by atoms with Crippen LogP contribution in [0.1, 0.15) is 6.42 Å². The van der Waals surface area contributed by atoms with Gasteiger partial charge >= 0.3 is 0 Å². The lowest BCUT2D eigenvalue weighted by atomic mass is 10.3. The SMILES string of the molecule is CN(C)CCCNS(=O)(=O)c1ccc2ncoc2c1. The Morgan fingerprint density at radius 2 is 2.16 bits per heavy atom. The van der Waals surface area contributed by atoms with Gasteiger partial charge in [-0.3, -0.25) is 0 Å². The first-order chi connectivity index (χ1) is 8.99. The molecule has 104 valence electrons. The van der Waals surface area contributed by atoms with E-state index in [4.69, 9.17) is 4.42 Å². The topological polar surface area (TPSA) is 75.4 Å². The number of aromatic nitrogens is 1. The molecule has 2 rings (SSSR count). The minimum Gasteiger partial charge on any atom is -0.443 e. The van der Waals surface area contributed by atoms with Gasteiger partial charge in [-0.15, -0.1) is 0 Å². The predicted molar refractivity (Wildman–Crippen MR) is 72.4 cm³/mol. The number of hydrogen-bond acceptors (Lipinski definition) is 5. The van der Waals surface area contributed by atoms with Crippen molar-refractivity contribution < 1.29 is 12.8 Å². The van der Waals surface area contributed by atoms with Gasteiger partial charge in [-0.2, -0.15) is 0 Å². The summed E-state index contributed by atoms with van der Waals surface area (Å²) in [5.41, 5.74) is 1.11. The van der Waals surface area contributed by atoms with Crippen molar-refractivity contribution in [2.45, 2.75) is 11.3 Å². The van der Waals surface area contributed by atoms with E-state index >= 15 is 0 Å². The van der Waals surface area contributed by atoms with Crippen LogP contribution in [-0.4, -0.2) is 45.5 Å². The predicted octanol–water partition coefficient (Wildman–Crippen LogP) is 1.06. The molecule has 0 radical (unpaired) electrons. The molecule has 0 bridgehead atoms. The molecule has 0 saturated carbocycles. The third-order valence-corrected chi connectivity index (χ3v) is 4.15. The van der Waals surface area contributed by atoms with Crippen LogP contribution in [0.2, 0.25) is 0 Å². The smallest absolute Gasteiger partial charge is 0.240 e. The highest BCUT2D eigenvalue weighted by Gasteiger charge is 2.14. The molecule has 7 heteroatoms. The molecule has 0 aliphatic carbocycles. The Labute approximate surface area is 112 Å². The van der Waals surface area contributed by atoms with Gasteiger partial charge in [-0.25, -0.2) is 18.1 Å². The van der Waals surface area contributed by atoms with Gasteiger partial charge in [-0.1, -0.05) is 0 Å². The molecule has 1 aromatic heterocycles.